The average molecular weight is 547 g/mol. The molecule has 8 nitrogen and oxygen atoms in total. The Kier molecular flexibility index (Phi) is 8.35. The third-order valence-corrected chi connectivity index (χ3v) is 6.75. The van der Waals surface area contributed by atoms with Crippen LogP contribution >= 0.6 is 11.6 Å². The first-order chi connectivity index (χ1) is 18.9. The molecule has 0 saturated heterocycles. The van der Waals surface area contributed by atoms with Crippen molar-refractivity contribution >= 4 is 33.7 Å². The van der Waals surface area contributed by atoms with Crippen LogP contribution in [-0.2, 0) is 0 Å². The number of nitrogens with one attached hydrogen (secondary N) is 2. The molecule has 0 aliphatic heterocycles. The number of hydrogen-bond donors (Lipinski definition) is 2. The molecule has 3 aromatic carbocycles. The van der Waals surface area contributed by atoms with Crippen LogP contribution in [0.2, 0.25) is 5.02 Å². The highest BCUT2D eigenvalue weighted by Crippen LogP contribution is 2.33. The number of aromatic amines is 2. The Hall–Kier alpha value is -3.59. The van der Waals surface area contributed by atoms with Gasteiger partial charge in [-0.25, -0.2) is 9.97 Å². The number of halogens is 1. The summed E-state index contributed by atoms with van der Waals surface area (Å²) >= 11 is 6.75. The predicted octanol–water partition coefficient (Wildman–Crippen LogP) is 6.09. The molecule has 2 N–H and O–H groups in total. The summed E-state index contributed by atoms with van der Waals surface area (Å²) in [6.07, 6.45) is 1.94. The number of H-pyrrole nitrogens is 2. The van der Waals surface area contributed by atoms with E-state index in [2.05, 4.69) is 48.0 Å². The van der Waals surface area contributed by atoms with Crippen LogP contribution in [0.5, 0.6) is 11.5 Å². The first kappa shape index (κ1) is 27.0. The van der Waals surface area contributed by atoms with Crippen LogP contribution in [0.25, 0.3) is 44.8 Å². The molecular formula is C30H35ClN6O2. The highest BCUT2D eigenvalue weighted by molar-refractivity contribution is 6.33. The van der Waals surface area contributed by atoms with Crippen molar-refractivity contribution < 1.29 is 9.47 Å². The molecule has 0 radical (unpaired) electrons. The van der Waals surface area contributed by atoms with Crippen molar-refractivity contribution in [1.82, 2.24) is 29.7 Å². The van der Waals surface area contributed by atoms with Gasteiger partial charge in [-0.1, -0.05) is 17.7 Å². The van der Waals surface area contributed by atoms with Crippen molar-refractivity contribution in [2.45, 2.75) is 12.8 Å². The summed E-state index contributed by atoms with van der Waals surface area (Å²) < 4.78 is 11.8. The highest BCUT2D eigenvalue weighted by Gasteiger charge is 2.13. The second kappa shape index (κ2) is 12.1. The van der Waals surface area contributed by atoms with Gasteiger partial charge in [0.25, 0.3) is 0 Å². The molecule has 0 amide bonds. The molecule has 39 heavy (non-hydrogen) atoms. The molecule has 2 aromatic heterocycles. The molecule has 5 aromatic rings. The zero-order valence-corrected chi connectivity index (χ0v) is 23.7. The highest BCUT2D eigenvalue weighted by atomic mass is 35.5. The lowest BCUT2D eigenvalue weighted by molar-refractivity contribution is 0.282. The minimum Gasteiger partial charge on any atom is -0.493 e. The molecule has 0 fully saturated rings. The standard InChI is InChI=1S/C30H35ClN6O2/c1-36(2)13-5-15-38-21-8-11-25-27(18-21)34-29(32-25)20-7-10-23(24(31)17-20)30-33-26-12-9-22(19-28(26)35-30)39-16-6-14-37(3)4/h7-12,17-19H,5-6,13-16H2,1-4H3,(H,32,34)(H,33,35). The van der Waals surface area contributed by atoms with Crippen LogP contribution in [0.3, 0.4) is 0 Å². The van der Waals surface area contributed by atoms with Gasteiger partial charge >= 0.3 is 0 Å². The zero-order chi connectivity index (χ0) is 27.4. The SMILES string of the molecule is CN(C)CCCOc1ccc2nc(-c3ccc(-c4nc5ccc(OCCCN(C)C)cc5[nH]4)c(Cl)c3)[nH]c2c1. The molecule has 0 atom stereocenters. The van der Waals surface area contributed by atoms with Gasteiger partial charge in [0.05, 0.1) is 40.3 Å². The molecule has 0 saturated carbocycles. The second-order valence-corrected chi connectivity index (χ2v) is 10.6. The third-order valence-electron chi connectivity index (χ3n) is 6.44. The van der Waals surface area contributed by atoms with Crippen LogP contribution < -0.4 is 9.47 Å². The minimum atomic E-state index is 0.595. The van der Waals surface area contributed by atoms with Crippen molar-refractivity contribution in [2.75, 3.05) is 54.5 Å². The Morgan fingerprint density at radius 3 is 1.77 bits per heavy atom. The summed E-state index contributed by atoms with van der Waals surface area (Å²) in [5, 5.41) is 0.595. The van der Waals surface area contributed by atoms with E-state index in [-0.39, 0.29) is 0 Å². The monoisotopic (exact) mass is 546 g/mol. The molecule has 0 aliphatic rings. The second-order valence-electron chi connectivity index (χ2n) is 10.2. The van der Waals surface area contributed by atoms with Gasteiger partial charge in [-0.2, -0.15) is 0 Å². The minimum absolute atomic E-state index is 0.595. The van der Waals surface area contributed by atoms with Crippen molar-refractivity contribution in [3.63, 3.8) is 0 Å². The average Bonchev–Trinajstić information content (AvgIpc) is 3.52. The van der Waals surface area contributed by atoms with Crippen molar-refractivity contribution in [1.29, 1.82) is 0 Å². The number of aromatic nitrogens is 4. The van der Waals surface area contributed by atoms with E-state index < -0.39 is 0 Å². The van der Waals surface area contributed by atoms with E-state index in [0.717, 1.165) is 76.4 Å². The van der Waals surface area contributed by atoms with Crippen LogP contribution in [0, 0.1) is 0 Å². The smallest absolute Gasteiger partial charge is 0.139 e. The van der Waals surface area contributed by atoms with E-state index in [0.29, 0.717) is 24.1 Å². The van der Waals surface area contributed by atoms with Crippen molar-refractivity contribution in [3.8, 4) is 34.3 Å². The fraction of sp³-hybridized carbons (Fsp3) is 0.333. The lowest BCUT2D eigenvalue weighted by Gasteiger charge is -2.10. The fourth-order valence-corrected chi connectivity index (χ4v) is 4.69. The maximum atomic E-state index is 6.75. The number of hydrogen-bond acceptors (Lipinski definition) is 6. The quantitative estimate of drug-likeness (QED) is 0.184. The summed E-state index contributed by atoms with van der Waals surface area (Å²) in [6.45, 7) is 3.33. The van der Waals surface area contributed by atoms with Gasteiger partial charge in [0, 0.05) is 36.3 Å². The van der Waals surface area contributed by atoms with Gasteiger partial charge in [-0.3, -0.25) is 0 Å². The lowest BCUT2D eigenvalue weighted by atomic mass is 10.1. The largest absolute Gasteiger partial charge is 0.493 e. The predicted molar refractivity (Wildman–Crippen MR) is 159 cm³/mol. The molecule has 9 heteroatoms. The molecular weight excluding hydrogens is 512 g/mol. The van der Waals surface area contributed by atoms with Crippen molar-refractivity contribution in [2.24, 2.45) is 0 Å². The van der Waals surface area contributed by atoms with Gasteiger partial charge in [-0.05, 0) is 77.4 Å². The molecule has 0 spiro atoms. The van der Waals surface area contributed by atoms with E-state index in [1.54, 1.807) is 0 Å². The fourth-order valence-electron chi connectivity index (χ4n) is 4.42. The Morgan fingerprint density at radius 1 is 0.692 bits per heavy atom. The summed E-state index contributed by atoms with van der Waals surface area (Å²) in [5.41, 5.74) is 5.30. The summed E-state index contributed by atoms with van der Waals surface area (Å²) in [5.74, 6) is 3.12. The van der Waals surface area contributed by atoms with E-state index >= 15 is 0 Å². The zero-order valence-electron chi connectivity index (χ0n) is 22.9. The summed E-state index contributed by atoms with van der Waals surface area (Å²) in [4.78, 5) is 20.6. The molecule has 0 unspecified atom stereocenters. The number of ether oxygens (including phenoxy) is 2. The van der Waals surface area contributed by atoms with Crippen LogP contribution in [0.4, 0.5) is 0 Å². The van der Waals surface area contributed by atoms with Crippen LogP contribution in [0.15, 0.2) is 54.6 Å². The van der Waals surface area contributed by atoms with Gasteiger partial charge in [0.1, 0.15) is 23.1 Å². The van der Waals surface area contributed by atoms with Crippen LogP contribution in [0.1, 0.15) is 12.8 Å². The maximum Gasteiger partial charge on any atom is 0.139 e. The third kappa shape index (κ3) is 6.71. The Balaban J connectivity index is 1.30. The normalized spacial score (nSPS) is 11.8. The number of fused-ring (bicyclic) bond motifs is 2. The summed E-state index contributed by atoms with van der Waals surface area (Å²) in [7, 11) is 8.25. The lowest BCUT2D eigenvalue weighted by Crippen LogP contribution is -2.15. The number of nitrogens with zero attached hydrogens (tertiary/aromatic N) is 4. The van der Waals surface area contributed by atoms with Crippen molar-refractivity contribution in [3.05, 3.63) is 59.6 Å². The summed E-state index contributed by atoms with van der Waals surface area (Å²) in [6, 6.07) is 17.7. The Bertz CT molecular complexity index is 1560. The molecule has 5 rings (SSSR count). The van der Waals surface area contributed by atoms with E-state index in [9.17, 15) is 0 Å². The molecule has 2 heterocycles. The van der Waals surface area contributed by atoms with Gasteiger partial charge in [0.2, 0.25) is 0 Å². The number of benzene rings is 3. The van der Waals surface area contributed by atoms with Gasteiger partial charge < -0.3 is 29.2 Å². The van der Waals surface area contributed by atoms with E-state index in [4.69, 9.17) is 31.0 Å². The van der Waals surface area contributed by atoms with E-state index in [1.807, 2.05) is 54.6 Å². The Labute approximate surface area is 233 Å². The topological polar surface area (TPSA) is 82.3 Å². The number of rotatable bonds is 12. The van der Waals surface area contributed by atoms with Gasteiger partial charge in [-0.15, -0.1) is 0 Å². The molecule has 0 aliphatic carbocycles. The van der Waals surface area contributed by atoms with Gasteiger partial charge in [0.15, 0.2) is 0 Å². The first-order valence-corrected chi connectivity index (χ1v) is 13.6. The maximum absolute atomic E-state index is 6.75. The number of imidazole rings is 2. The first-order valence-electron chi connectivity index (χ1n) is 13.2. The van der Waals surface area contributed by atoms with E-state index in [1.165, 1.54) is 0 Å². The molecule has 204 valence electrons. The molecule has 0 bridgehead atoms. The van der Waals surface area contributed by atoms with Crippen LogP contribution in [-0.4, -0.2) is 84.2 Å². The Morgan fingerprint density at radius 2 is 1.23 bits per heavy atom.